The van der Waals surface area contributed by atoms with Crippen LogP contribution in [-0.4, -0.2) is 55.5 Å². The fourth-order valence-corrected chi connectivity index (χ4v) is 0. The van der Waals surface area contributed by atoms with Crippen molar-refractivity contribution in [3.8, 4) is 0 Å². The molecule has 0 aliphatic rings. The van der Waals surface area contributed by atoms with Gasteiger partial charge in [0.05, 0.1) is 0 Å². The van der Waals surface area contributed by atoms with Crippen molar-refractivity contribution < 1.29 is 24.7 Å². The van der Waals surface area contributed by atoms with Gasteiger partial charge in [0, 0.05) is 0 Å². The molecule has 0 aromatic heterocycles. The molecule has 0 aromatic carbocycles. The van der Waals surface area contributed by atoms with Crippen LogP contribution >= 0.6 is 0 Å². The third-order valence-corrected chi connectivity index (χ3v) is 0. The largest absolute Gasteiger partial charge is 2.00 e. The molecule has 2 N–H and O–H groups in total. The van der Waals surface area contributed by atoms with Crippen LogP contribution < -0.4 is 0 Å². The van der Waals surface area contributed by atoms with E-state index < -0.39 is 0 Å². The fraction of sp³-hybridized carbons (Fsp3) is 0. The van der Waals surface area contributed by atoms with E-state index in [1.165, 1.54) is 0 Å². The Morgan fingerprint density at radius 2 is 0.700 bits per heavy atom. The first-order valence-electron chi connectivity index (χ1n) is 0.816. The van der Waals surface area contributed by atoms with Crippen LogP contribution in [0.15, 0.2) is 0 Å². The van der Waals surface area contributed by atoms with Crippen molar-refractivity contribution in [1.82, 2.24) is 0 Å². The Labute approximate surface area is 89.1 Å². The van der Waals surface area contributed by atoms with Gasteiger partial charge in [0.2, 0.25) is 0 Å². The Balaban J connectivity index is -0.00000000571. The number of carbonyl (C=O) groups excluding carboxylic acids is 4. The van der Waals surface area contributed by atoms with Crippen molar-refractivity contribution >= 4 is 50.0 Å². The molecule has 0 bridgehead atoms. The zero-order valence-corrected chi connectivity index (χ0v) is 8.05. The van der Waals surface area contributed by atoms with Gasteiger partial charge in [-0.1, -0.05) is 0 Å². The van der Waals surface area contributed by atoms with Crippen molar-refractivity contribution in [2.24, 2.45) is 0 Å². The van der Waals surface area contributed by atoms with E-state index in [-0.39, 0.29) is 70.4 Å². The second kappa shape index (κ2) is 146. The summed E-state index contributed by atoms with van der Waals surface area (Å²) in [5.41, 5.74) is 0. The third kappa shape index (κ3) is 947000. The van der Waals surface area contributed by atoms with Crippen molar-refractivity contribution in [2.45, 2.75) is 0 Å². The Kier molecular flexibility index (Phi) is 741. The van der Waals surface area contributed by atoms with Gasteiger partial charge in [0.25, 0.3) is 0 Å². The van der Waals surface area contributed by atoms with Crippen LogP contribution in [0.3, 0.4) is 0 Å². The van der Waals surface area contributed by atoms with Gasteiger partial charge >= 0.3 is 50.0 Å². The van der Waals surface area contributed by atoms with Crippen LogP contribution in [-0.2, 0) is 19.2 Å². The van der Waals surface area contributed by atoms with Crippen molar-refractivity contribution in [3.05, 3.63) is 14.9 Å². The summed E-state index contributed by atoms with van der Waals surface area (Å²) in [6.07, 6.45) is 0.500. The van der Waals surface area contributed by atoms with Gasteiger partial charge in [0.15, 0.2) is 0 Å². The summed E-state index contributed by atoms with van der Waals surface area (Å²) in [7, 11) is 0. The average molecular weight is 176 g/mol. The van der Waals surface area contributed by atoms with Crippen LogP contribution in [0, 0.1) is 14.9 Å². The minimum absolute atomic E-state index is 0. The predicted octanol–water partition coefficient (Wildman–Crippen LogP) is -1.47. The summed E-state index contributed by atoms with van der Waals surface area (Å²) in [5, 5.41) is 0. The monoisotopic (exact) mass is 176 g/mol. The summed E-state index contributed by atoms with van der Waals surface area (Å²) in [6.45, 7) is 0. The first-order valence-corrected chi connectivity index (χ1v) is 0.816. The second-order valence-electron chi connectivity index (χ2n) is 0.167. The molecule has 0 aliphatic heterocycles. The van der Waals surface area contributed by atoms with Crippen LogP contribution in [0.5, 0.6) is 0 Å². The van der Waals surface area contributed by atoms with Crippen LogP contribution in [0.25, 0.3) is 0 Å². The minimum Gasteiger partial charge on any atom is -0.412 e. The molecule has 0 aromatic rings. The molecule has 10 heavy (non-hydrogen) atoms. The van der Waals surface area contributed by atoms with Gasteiger partial charge in [0.1, 0.15) is 0 Å². The maximum atomic E-state index is 8.12. The van der Waals surface area contributed by atoms with Crippen molar-refractivity contribution in [2.75, 3.05) is 0 Å². The fourth-order valence-electron chi connectivity index (χ4n) is 0. The molecule has 0 unspecified atom stereocenters. The van der Waals surface area contributed by atoms with E-state index in [9.17, 15) is 0 Å². The average Bonchev–Trinajstić information content (AvgIpc) is 1.39. The maximum absolute atomic E-state index is 8.12. The van der Waals surface area contributed by atoms with Crippen molar-refractivity contribution in [3.63, 3.8) is 0 Å². The van der Waals surface area contributed by atoms with Gasteiger partial charge in [-0.3, -0.25) is 0 Å². The molecular formula is C4H8CaO5. The topological polar surface area (TPSA) is 99.8 Å². The molecule has 0 atom stereocenters. The van der Waals surface area contributed by atoms with Crippen LogP contribution in [0.2, 0.25) is 0 Å². The van der Waals surface area contributed by atoms with Gasteiger partial charge < -0.3 is 20.3 Å². The number of hydrogen-bond donors (Lipinski definition) is 0. The Morgan fingerprint density at radius 1 is 0.700 bits per heavy atom. The summed E-state index contributed by atoms with van der Waals surface area (Å²) in [5.74, 6) is 0. The van der Waals surface area contributed by atoms with E-state index in [0.29, 0.717) is 0 Å². The molecule has 0 fully saturated rings. The van der Waals surface area contributed by atoms with E-state index >= 15 is 0 Å². The van der Waals surface area contributed by atoms with Crippen molar-refractivity contribution in [1.29, 1.82) is 0 Å². The summed E-state index contributed by atoms with van der Waals surface area (Å²) < 4.78 is 0. The molecule has 0 saturated heterocycles. The van der Waals surface area contributed by atoms with E-state index in [1.54, 1.807) is 0 Å². The second-order valence-corrected chi connectivity index (χ2v) is 0.167. The summed E-state index contributed by atoms with van der Waals surface area (Å²) >= 11 is 0. The smallest absolute Gasteiger partial charge is 0.412 e. The molecule has 0 radical (unpaired) electrons. The Hall–Kier alpha value is -0.0203. The molecule has 0 spiro atoms. The maximum Gasteiger partial charge on any atom is 2.00 e. The standard InChI is InChI=1S/2CO2.2CH3.Ca.H2O/c2*2-1-3;;;;/h;;2*1H3;;1H2/q;;2*-1;+2;. The SMILES string of the molecule is O.O=C=O.O=C=O.[CH3-].[CH3-].[Ca+2]. The zero-order chi connectivity index (χ0) is 5.41. The van der Waals surface area contributed by atoms with E-state index in [0.717, 1.165) is 0 Å². The molecule has 0 aliphatic carbocycles. The van der Waals surface area contributed by atoms with E-state index in [4.69, 9.17) is 19.2 Å². The Bertz CT molecular complexity index is 67.6. The van der Waals surface area contributed by atoms with Crippen LogP contribution in [0.1, 0.15) is 0 Å². The molecule has 6 heteroatoms. The van der Waals surface area contributed by atoms with Gasteiger partial charge in [-0.2, -0.15) is 19.2 Å². The molecule has 56 valence electrons. The predicted molar refractivity (Wildman–Crippen MR) is 32.2 cm³/mol. The first kappa shape index (κ1) is 50.8. The molecule has 5 nitrogen and oxygen atoms in total. The normalized spacial score (nSPS) is 1.60. The van der Waals surface area contributed by atoms with Crippen LogP contribution in [0.4, 0.5) is 0 Å². The summed E-state index contributed by atoms with van der Waals surface area (Å²) in [6, 6.07) is 0. The molecule has 0 amide bonds. The summed E-state index contributed by atoms with van der Waals surface area (Å²) in [4.78, 5) is 32.5. The van der Waals surface area contributed by atoms with Gasteiger partial charge in [-0.05, 0) is 0 Å². The Morgan fingerprint density at radius 3 is 0.700 bits per heavy atom. The number of hydrogen-bond acceptors (Lipinski definition) is 4. The first-order chi connectivity index (χ1) is 2.83. The molecule has 0 heterocycles. The molecule has 0 saturated carbocycles. The van der Waals surface area contributed by atoms with E-state index in [2.05, 4.69) is 0 Å². The molecular weight excluding hydrogens is 168 g/mol. The van der Waals surface area contributed by atoms with E-state index in [1.807, 2.05) is 0 Å². The van der Waals surface area contributed by atoms with Gasteiger partial charge in [-0.25, -0.2) is 0 Å². The minimum atomic E-state index is 0. The number of rotatable bonds is 0. The molecule has 0 rings (SSSR count). The third-order valence-electron chi connectivity index (χ3n) is 0. The van der Waals surface area contributed by atoms with Gasteiger partial charge in [-0.15, -0.1) is 0 Å². The zero-order valence-electron chi connectivity index (χ0n) is 5.84. The quantitative estimate of drug-likeness (QED) is 0.332.